The van der Waals surface area contributed by atoms with Gasteiger partial charge in [-0.1, -0.05) is 30.3 Å². The van der Waals surface area contributed by atoms with Gasteiger partial charge in [0.2, 0.25) is 6.41 Å². The summed E-state index contributed by atoms with van der Waals surface area (Å²) in [7, 11) is 0. The number of hydrazine groups is 1. The van der Waals surface area contributed by atoms with Gasteiger partial charge >= 0.3 is 6.09 Å². The first-order valence-corrected chi connectivity index (χ1v) is 5.94. The normalized spacial score (nSPS) is 10.3. The Morgan fingerprint density at radius 2 is 1.90 bits per heavy atom. The standard InChI is InChI=1S/C13H17N3O4/c1-13(2,11(18)16-14-9-17)15-12(19)20-8-10-6-4-3-5-7-10/h3-7,9H,8H2,1-2H3,(H,14,17)(H,15,19)(H,16,18). The molecule has 20 heavy (non-hydrogen) atoms. The maximum Gasteiger partial charge on any atom is 0.408 e. The van der Waals surface area contributed by atoms with Crippen LogP contribution in [0.15, 0.2) is 30.3 Å². The van der Waals surface area contributed by atoms with Gasteiger partial charge in [-0.15, -0.1) is 0 Å². The van der Waals surface area contributed by atoms with Crippen molar-refractivity contribution in [2.75, 3.05) is 0 Å². The molecule has 7 heteroatoms. The predicted molar refractivity (Wildman–Crippen MR) is 71.2 cm³/mol. The van der Waals surface area contributed by atoms with E-state index in [0.717, 1.165) is 5.56 Å². The lowest BCUT2D eigenvalue weighted by Crippen LogP contribution is -2.57. The first-order valence-electron chi connectivity index (χ1n) is 5.94. The van der Waals surface area contributed by atoms with E-state index >= 15 is 0 Å². The molecule has 1 aromatic carbocycles. The number of nitrogens with one attached hydrogen (secondary N) is 3. The number of carbonyl (C=O) groups is 3. The Morgan fingerprint density at radius 3 is 2.50 bits per heavy atom. The highest BCUT2D eigenvalue weighted by Gasteiger charge is 2.30. The molecule has 0 atom stereocenters. The molecule has 3 amide bonds. The number of ether oxygens (including phenoxy) is 1. The minimum atomic E-state index is -1.22. The second-order valence-corrected chi connectivity index (χ2v) is 4.53. The first kappa shape index (κ1) is 15.5. The third kappa shape index (κ3) is 4.97. The van der Waals surface area contributed by atoms with Gasteiger partial charge in [-0.25, -0.2) is 4.79 Å². The van der Waals surface area contributed by atoms with Gasteiger partial charge in [-0.05, 0) is 19.4 Å². The Hall–Kier alpha value is -2.57. The maximum absolute atomic E-state index is 11.6. The minimum Gasteiger partial charge on any atom is -0.445 e. The van der Waals surface area contributed by atoms with Gasteiger partial charge in [-0.2, -0.15) is 0 Å². The van der Waals surface area contributed by atoms with Crippen LogP contribution in [0.1, 0.15) is 19.4 Å². The Balaban J connectivity index is 2.44. The molecule has 1 aromatic rings. The van der Waals surface area contributed by atoms with Crippen LogP contribution in [0.4, 0.5) is 4.79 Å². The van der Waals surface area contributed by atoms with E-state index in [4.69, 9.17) is 4.74 Å². The SMILES string of the molecule is CC(C)(NC(=O)OCc1ccccc1)C(=O)NNC=O. The van der Waals surface area contributed by atoms with Crippen LogP contribution in [0.25, 0.3) is 0 Å². The van der Waals surface area contributed by atoms with Gasteiger partial charge in [0.1, 0.15) is 12.1 Å². The molecule has 0 saturated carbocycles. The fraction of sp³-hybridized carbons (Fsp3) is 0.308. The van der Waals surface area contributed by atoms with Crippen molar-refractivity contribution in [1.29, 1.82) is 0 Å². The molecule has 0 aliphatic carbocycles. The second-order valence-electron chi connectivity index (χ2n) is 4.53. The Kier molecular flexibility index (Phi) is 5.52. The van der Waals surface area contributed by atoms with Crippen LogP contribution in [0.3, 0.4) is 0 Å². The van der Waals surface area contributed by atoms with Crippen molar-refractivity contribution in [3.8, 4) is 0 Å². The summed E-state index contributed by atoms with van der Waals surface area (Å²) in [5.41, 5.74) is 3.76. The highest BCUT2D eigenvalue weighted by atomic mass is 16.5. The topological polar surface area (TPSA) is 96.5 Å². The van der Waals surface area contributed by atoms with E-state index < -0.39 is 17.5 Å². The summed E-state index contributed by atoms with van der Waals surface area (Å²) in [5, 5.41) is 2.41. The quantitative estimate of drug-likeness (QED) is 0.521. The van der Waals surface area contributed by atoms with Gasteiger partial charge in [-0.3, -0.25) is 20.4 Å². The molecule has 0 heterocycles. The Morgan fingerprint density at radius 1 is 1.25 bits per heavy atom. The van der Waals surface area contributed by atoms with Gasteiger partial charge in [0.25, 0.3) is 5.91 Å². The molecule has 0 aliphatic rings. The highest BCUT2D eigenvalue weighted by Crippen LogP contribution is 2.04. The fourth-order valence-corrected chi connectivity index (χ4v) is 1.32. The molecule has 1 rings (SSSR count). The molecule has 0 aromatic heterocycles. The number of hydrogen-bond acceptors (Lipinski definition) is 4. The van der Waals surface area contributed by atoms with Crippen LogP contribution in [-0.2, 0) is 20.9 Å². The summed E-state index contributed by atoms with van der Waals surface area (Å²) in [6.07, 6.45) is -0.401. The number of carbonyl (C=O) groups excluding carboxylic acids is 3. The molecule has 0 unspecified atom stereocenters. The summed E-state index contributed by atoms with van der Waals surface area (Å²) in [4.78, 5) is 33.3. The van der Waals surface area contributed by atoms with Crippen molar-refractivity contribution in [2.24, 2.45) is 0 Å². The van der Waals surface area contributed by atoms with Crippen LogP contribution < -0.4 is 16.2 Å². The van der Waals surface area contributed by atoms with Crippen molar-refractivity contribution >= 4 is 18.4 Å². The number of rotatable bonds is 6. The zero-order chi connectivity index (χ0) is 15.0. The lowest BCUT2D eigenvalue weighted by atomic mass is 10.1. The summed E-state index contributed by atoms with van der Waals surface area (Å²) in [5.74, 6) is -0.568. The van der Waals surface area contributed by atoms with Gasteiger partial charge in [0, 0.05) is 0 Å². The van der Waals surface area contributed by atoms with Gasteiger partial charge in [0.05, 0.1) is 0 Å². The average Bonchev–Trinajstić information content (AvgIpc) is 2.43. The summed E-state index contributed by atoms with van der Waals surface area (Å²) in [6.45, 7) is 3.08. The lowest BCUT2D eigenvalue weighted by molar-refractivity contribution is -0.129. The van der Waals surface area contributed by atoms with Crippen LogP contribution in [0, 0.1) is 0 Å². The van der Waals surface area contributed by atoms with Crippen LogP contribution in [0.5, 0.6) is 0 Å². The minimum absolute atomic E-state index is 0.108. The molecular formula is C13H17N3O4. The van der Waals surface area contributed by atoms with Crippen LogP contribution >= 0.6 is 0 Å². The molecule has 0 spiro atoms. The lowest BCUT2D eigenvalue weighted by Gasteiger charge is -2.24. The number of alkyl carbamates (subject to hydrolysis) is 1. The molecule has 7 nitrogen and oxygen atoms in total. The number of hydrogen-bond donors (Lipinski definition) is 3. The van der Waals surface area contributed by atoms with Crippen molar-refractivity contribution in [2.45, 2.75) is 26.0 Å². The maximum atomic E-state index is 11.6. The van der Waals surface area contributed by atoms with Crippen molar-refractivity contribution in [3.63, 3.8) is 0 Å². The molecule has 3 N–H and O–H groups in total. The average molecular weight is 279 g/mol. The molecule has 108 valence electrons. The van der Waals surface area contributed by atoms with E-state index in [1.54, 1.807) is 0 Å². The second kappa shape index (κ2) is 7.13. The fourth-order valence-electron chi connectivity index (χ4n) is 1.32. The monoisotopic (exact) mass is 279 g/mol. The molecule has 0 bridgehead atoms. The van der Waals surface area contributed by atoms with Crippen molar-refractivity contribution in [3.05, 3.63) is 35.9 Å². The van der Waals surface area contributed by atoms with E-state index in [-0.39, 0.29) is 6.61 Å². The first-order chi connectivity index (χ1) is 9.45. The summed E-state index contributed by atoms with van der Waals surface area (Å²) < 4.78 is 5.00. The molecule has 0 radical (unpaired) electrons. The van der Waals surface area contributed by atoms with Crippen LogP contribution in [0.2, 0.25) is 0 Å². The summed E-state index contributed by atoms with van der Waals surface area (Å²) >= 11 is 0. The summed E-state index contributed by atoms with van der Waals surface area (Å²) in [6, 6.07) is 9.16. The Bertz CT molecular complexity index is 474. The zero-order valence-corrected chi connectivity index (χ0v) is 11.3. The number of amides is 3. The highest BCUT2D eigenvalue weighted by molar-refractivity contribution is 5.89. The smallest absolute Gasteiger partial charge is 0.408 e. The third-order valence-corrected chi connectivity index (χ3v) is 2.44. The van der Waals surface area contributed by atoms with Crippen LogP contribution in [-0.4, -0.2) is 23.9 Å². The van der Waals surface area contributed by atoms with Gasteiger partial charge < -0.3 is 10.1 Å². The van der Waals surface area contributed by atoms with E-state index in [1.165, 1.54) is 13.8 Å². The zero-order valence-electron chi connectivity index (χ0n) is 11.3. The Labute approximate surface area is 116 Å². The third-order valence-electron chi connectivity index (χ3n) is 2.44. The largest absolute Gasteiger partial charge is 0.445 e. The van der Waals surface area contributed by atoms with Crippen molar-refractivity contribution in [1.82, 2.24) is 16.2 Å². The molecule has 0 fully saturated rings. The molecular weight excluding hydrogens is 262 g/mol. The van der Waals surface area contributed by atoms with E-state index in [2.05, 4.69) is 10.7 Å². The van der Waals surface area contributed by atoms with E-state index in [1.807, 2.05) is 35.8 Å². The number of benzene rings is 1. The predicted octanol–water partition coefficient (Wildman–Crippen LogP) is 0.469. The molecule has 0 aliphatic heterocycles. The van der Waals surface area contributed by atoms with E-state index in [9.17, 15) is 14.4 Å². The van der Waals surface area contributed by atoms with Crippen molar-refractivity contribution < 1.29 is 19.1 Å². The molecule has 0 saturated heterocycles. The van der Waals surface area contributed by atoms with E-state index in [0.29, 0.717) is 6.41 Å². The van der Waals surface area contributed by atoms with Gasteiger partial charge in [0.15, 0.2) is 0 Å².